The Kier molecular flexibility index (Phi) is 4.62. The molecule has 1 aromatic rings. The first-order chi connectivity index (χ1) is 8.56. The Bertz CT molecular complexity index is 382. The smallest absolute Gasteiger partial charge is 0.0805 e. The molecule has 0 saturated carbocycles. The van der Waals surface area contributed by atoms with Gasteiger partial charge in [-0.3, -0.25) is 0 Å². The molecule has 0 aliphatic carbocycles. The molecule has 2 unspecified atom stereocenters. The summed E-state index contributed by atoms with van der Waals surface area (Å²) in [6, 6.07) is 7.88. The predicted molar refractivity (Wildman–Crippen MR) is 74.9 cm³/mol. The maximum absolute atomic E-state index is 10.3. The molecular weight excluding hydrogens is 248 g/mol. The second-order valence-corrected chi connectivity index (χ2v) is 5.64. The van der Waals surface area contributed by atoms with Crippen LogP contribution in [0.3, 0.4) is 0 Å². The van der Waals surface area contributed by atoms with Crippen LogP contribution in [-0.4, -0.2) is 54.7 Å². The van der Waals surface area contributed by atoms with Gasteiger partial charge in [-0.2, -0.15) is 0 Å². The van der Waals surface area contributed by atoms with Crippen molar-refractivity contribution in [2.45, 2.75) is 18.6 Å². The van der Waals surface area contributed by atoms with Gasteiger partial charge < -0.3 is 14.9 Å². The third-order valence-corrected chi connectivity index (χ3v) is 3.98. The highest BCUT2D eigenvalue weighted by atomic mass is 35.5. The molecule has 0 spiro atoms. The molecule has 2 atom stereocenters. The Balaban J connectivity index is 1.97. The summed E-state index contributed by atoms with van der Waals surface area (Å²) in [6.45, 7) is 3.18. The van der Waals surface area contributed by atoms with Crippen molar-refractivity contribution >= 4 is 11.6 Å². The first-order valence-corrected chi connectivity index (χ1v) is 6.76. The number of halogens is 1. The van der Waals surface area contributed by atoms with Gasteiger partial charge in [0.1, 0.15) is 0 Å². The van der Waals surface area contributed by atoms with E-state index in [9.17, 15) is 5.11 Å². The average Bonchev–Trinajstić information content (AvgIpc) is 2.34. The minimum atomic E-state index is -0.416. The van der Waals surface area contributed by atoms with Crippen LogP contribution in [0.15, 0.2) is 24.3 Å². The SMILES string of the molecule is CN1CCN(C)C(CC(O)c2ccc(Cl)cc2)C1. The number of piperazine rings is 1. The van der Waals surface area contributed by atoms with Crippen LogP contribution >= 0.6 is 11.6 Å². The molecule has 1 aliphatic rings. The number of benzene rings is 1. The third kappa shape index (κ3) is 3.45. The summed E-state index contributed by atoms with van der Waals surface area (Å²) in [5, 5.41) is 11.0. The zero-order valence-corrected chi connectivity index (χ0v) is 11.8. The van der Waals surface area contributed by atoms with E-state index in [0.29, 0.717) is 11.1 Å². The lowest BCUT2D eigenvalue weighted by Crippen LogP contribution is -2.50. The lowest BCUT2D eigenvalue weighted by molar-refractivity contribution is 0.0635. The minimum Gasteiger partial charge on any atom is -0.388 e. The van der Waals surface area contributed by atoms with Crippen molar-refractivity contribution in [3.05, 3.63) is 34.9 Å². The van der Waals surface area contributed by atoms with E-state index in [0.717, 1.165) is 31.6 Å². The molecule has 1 N–H and O–H groups in total. The first-order valence-electron chi connectivity index (χ1n) is 6.38. The lowest BCUT2D eigenvalue weighted by atomic mass is 10.00. The fraction of sp³-hybridized carbons (Fsp3) is 0.571. The number of nitrogens with zero attached hydrogens (tertiary/aromatic N) is 2. The molecule has 4 heteroatoms. The van der Waals surface area contributed by atoms with Crippen LogP contribution in [0.4, 0.5) is 0 Å². The van der Waals surface area contributed by atoms with Gasteiger partial charge in [0, 0.05) is 30.7 Å². The van der Waals surface area contributed by atoms with Crippen molar-refractivity contribution in [1.29, 1.82) is 0 Å². The zero-order chi connectivity index (χ0) is 13.1. The monoisotopic (exact) mass is 268 g/mol. The maximum atomic E-state index is 10.3. The fourth-order valence-corrected chi connectivity index (χ4v) is 2.56. The van der Waals surface area contributed by atoms with Crippen molar-refractivity contribution in [3.63, 3.8) is 0 Å². The lowest BCUT2D eigenvalue weighted by Gasteiger charge is -2.38. The summed E-state index contributed by atoms with van der Waals surface area (Å²) in [4.78, 5) is 4.65. The van der Waals surface area contributed by atoms with Crippen molar-refractivity contribution in [2.24, 2.45) is 0 Å². The van der Waals surface area contributed by atoms with Gasteiger partial charge in [0.2, 0.25) is 0 Å². The fourth-order valence-electron chi connectivity index (χ4n) is 2.43. The first kappa shape index (κ1) is 13.8. The van der Waals surface area contributed by atoms with Crippen LogP contribution in [0.2, 0.25) is 5.02 Å². The number of aliphatic hydroxyl groups excluding tert-OH is 1. The second kappa shape index (κ2) is 6.02. The number of aliphatic hydroxyl groups is 1. The molecule has 0 aromatic heterocycles. The van der Waals surface area contributed by atoms with Gasteiger partial charge in [0.05, 0.1) is 6.10 Å². The molecule has 1 fully saturated rings. The van der Waals surface area contributed by atoms with Gasteiger partial charge in [-0.25, -0.2) is 0 Å². The van der Waals surface area contributed by atoms with Gasteiger partial charge in [0.25, 0.3) is 0 Å². The Morgan fingerprint density at radius 1 is 1.28 bits per heavy atom. The van der Waals surface area contributed by atoms with E-state index in [1.165, 1.54) is 0 Å². The molecule has 18 heavy (non-hydrogen) atoms. The number of likely N-dealkylation sites (N-methyl/N-ethyl adjacent to an activating group) is 2. The molecule has 3 nitrogen and oxygen atoms in total. The average molecular weight is 269 g/mol. The van der Waals surface area contributed by atoms with Gasteiger partial charge in [0.15, 0.2) is 0 Å². The molecule has 1 saturated heterocycles. The second-order valence-electron chi connectivity index (χ2n) is 5.20. The Morgan fingerprint density at radius 3 is 2.61 bits per heavy atom. The number of hydrogen-bond acceptors (Lipinski definition) is 3. The van der Waals surface area contributed by atoms with E-state index >= 15 is 0 Å². The molecule has 2 rings (SSSR count). The van der Waals surface area contributed by atoms with E-state index < -0.39 is 6.10 Å². The van der Waals surface area contributed by atoms with Crippen LogP contribution in [0, 0.1) is 0 Å². The van der Waals surface area contributed by atoms with E-state index in [1.54, 1.807) is 0 Å². The van der Waals surface area contributed by atoms with Crippen LogP contribution < -0.4 is 0 Å². The summed E-state index contributed by atoms with van der Waals surface area (Å²) in [5.41, 5.74) is 0.945. The van der Waals surface area contributed by atoms with Crippen LogP contribution in [-0.2, 0) is 0 Å². The van der Waals surface area contributed by atoms with Crippen molar-refractivity contribution < 1.29 is 5.11 Å². The van der Waals surface area contributed by atoms with Gasteiger partial charge in [-0.05, 0) is 38.2 Å². The van der Waals surface area contributed by atoms with Gasteiger partial charge in [-0.1, -0.05) is 23.7 Å². The highest BCUT2D eigenvalue weighted by Gasteiger charge is 2.24. The molecule has 1 heterocycles. The summed E-state index contributed by atoms with van der Waals surface area (Å²) in [6.07, 6.45) is 0.351. The zero-order valence-electron chi connectivity index (χ0n) is 11.0. The Hall–Kier alpha value is -0.610. The standard InChI is InChI=1S/C14H21ClN2O/c1-16-7-8-17(2)13(10-16)9-14(18)11-3-5-12(15)6-4-11/h3-6,13-14,18H,7-10H2,1-2H3. The molecule has 0 radical (unpaired) electrons. The topological polar surface area (TPSA) is 26.7 Å². The number of hydrogen-bond donors (Lipinski definition) is 1. The van der Waals surface area contributed by atoms with Crippen LogP contribution in [0.5, 0.6) is 0 Å². The molecular formula is C14H21ClN2O. The molecule has 0 bridgehead atoms. The quantitative estimate of drug-likeness (QED) is 0.909. The highest BCUT2D eigenvalue weighted by Crippen LogP contribution is 2.23. The summed E-state index contributed by atoms with van der Waals surface area (Å²) in [7, 11) is 4.26. The van der Waals surface area contributed by atoms with Gasteiger partial charge >= 0.3 is 0 Å². The Labute approximate surface area is 114 Å². The van der Waals surface area contributed by atoms with Crippen LogP contribution in [0.1, 0.15) is 18.1 Å². The maximum Gasteiger partial charge on any atom is 0.0805 e. The summed E-state index contributed by atoms with van der Waals surface area (Å²) in [5.74, 6) is 0. The van der Waals surface area contributed by atoms with Crippen molar-refractivity contribution in [1.82, 2.24) is 9.80 Å². The van der Waals surface area contributed by atoms with E-state index in [1.807, 2.05) is 24.3 Å². The third-order valence-electron chi connectivity index (χ3n) is 3.73. The van der Waals surface area contributed by atoms with E-state index in [4.69, 9.17) is 11.6 Å². The molecule has 0 amide bonds. The molecule has 1 aliphatic heterocycles. The largest absolute Gasteiger partial charge is 0.388 e. The van der Waals surface area contributed by atoms with E-state index in [-0.39, 0.29) is 0 Å². The molecule has 100 valence electrons. The van der Waals surface area contributed by atoms with E-state index in [2.05, 4.69) is 23.9 Å². The Morgan fingerprint density at radius 2 is 1.94 bits per heavy atom. The van der Waals surface area contributed by atoms with Crippen LogP contribution in [0.25, 0.3) is 0 Å². The van der Waals surface area contributed by atoms with Gasteiger partial charge in [-0.15, -0.1) is 0 Å². The van der Waals surface area contributed by atoms with Crippen molar-refractivity contribution in [3.8, 4) is 0 Å². The molecule has 1 aromatic carbocycles. The normalized spacial score (nSPS) is 24.1. The summed E-state index contributed by atoms with van der Waals surface area (Å²) < 4.78 is 0. The minimum absolute atomic E-state index is 0.412. The highest BCUT2D eigenvalue weighted by molar-refractivity contribution is 6.30. The number of rotatable bonds is 3. The van der Waals surface area contributed by atoms with Crippen molar-refractivity contribution in [2.75, 3.05) is 33.7 Å². The predicted octanol–water partition coefficient (Wildman–Crippen LogP) is 2.01. The summed E-state index contributed by atoms with van der Waals surface area (Å²) >= 11 is 5.85.